The van der Waals surface area contributed by atoms with Crippen LogP contribution in [0.15, 0.2) is 0 Å². The lowest BCUT2D eigenvalue weighted by atomic mass is 9.98. The van der Waals surface area contributed by atoms with E-state index in [2.05, 4.69) is 22.5 Å². The standard InChI is InChI=1S/C14H22N4OS/c1-3-15-10-5-4-6-11-12(10)20-14(17-11)18-8-7-16-13(19)9(18)2/h9-10,15H,3-8H2,1-2H3,(H,16,19). The zero-order valence-corrected chi connectivity index (χ0v) is 12.9. The minimum atomic E-state index is -0.117. The number of hydrogen-bond acceptors (Lipinski definition) is 5. The Morgan fingerprint density at radius 3 is 3.20 bits per heavy atom. The highest BCUT2D eigenvalue weighted by atomic mass is 32.1. The summed E-state index contributed by atoms with van der Waals surface area (Å²) in [7, 11) is 0. The second-order valence-corrected chi connectivity index (χ2v) is 6.48. The summed E-state index contributed by atoms with van der Waals surface area (Å²) < 4.78 is 0. The molecule has 2 aliphatic rings. The first-order valence-corrected chi connectivity index (χ1v) is 8.29. The normalized spacial score (nSPS) is 26.3. The predicted octanol–water partition coefficient (Wildman–Crippen LogP) is 1.45. The van der Waals surface area contributed by atoms with Crippen LogP contribution in [0, 0.1) is 0 Å². The molecule has 1 amide bonds. The lowest BCUT2D eigenvalue weighted by Crippen LogP contribution is -2.54. The number of fused-ring (bicyclic) bond motifs is 1. The number of nitrogens with one attached hydrogen (secondary N) is 2. The molecule has 0 radical (unpaired) electrons. The van der Waals surface area contributed by atoms with E-state index in [0.717, 1.165) is 24.6 Å². The van der Waals surface area contributed by atoms with Crippen LogP contribution < -0.4 is 15.5 Å². The summed E-state index contributed by atoms with van der Waals surface area (Å²) in [6, 6.07) is 0.331. The van der Waals surface area contributed by atoms with Crippen LogP contribution >= 0.6 is 11.3 Å². The lowest BCUT2D eigenvalue weighted by Gasteiger charge is -2.32. The van der Waals surface area contributed by atoms with Gasteiger partial charge in [-0.05, 0) is 32.7 Å². The summed E-state index contributed by atoms with van der Waals surface area (Å²) in [5, 5.41) is 7.47. The molecule has 1 fully saturated rings. The number of nitrogens with zero attached hydrogens (tertiary/aromatic N) is 2. The van der Waals surface area contributed by atoms with Gasteiger partial charge in [-0.3, -0.25) is 4.79 Å². The zero-order valence-electron chi connectivity index (χ0n) is 12.1. The van der Waals surface area contributed by atoms with Crippen molar-refractivity contribution in [1.82, 2.24) is 15.6 Å². The molecule has 1 aromatic heterocycles. The summed E-state index contributed by atoms with van der Waals surface area (Å²) in [5.74, 6) is 0.104. The first-order valence-electron chi connectivity index (χ1n) is 7.48. The molecule has 0 aromatic carbocycles. The Bertz CT molecular complexity index is 501. The van der Waals surface area contributed by atoms with Crippen LogP contribution in [0.4, 0.5) is 5.13 Å². The zero-order chi connectivity index (χ0) is 14.1. The van der Waals surface area contributed by atoms with Gasteiger partial charge in [0.25, 0.3) is 0 Å². The van der Waals surface area contributed by atoms with Crippen molar-refractivity contribution >= 4 is 22.4 Å². The van der Waals surface area contributed by atoms with E-state index in [1.807, 2.05) is 6.92 Å². The van der Waals surface area contributed by atoms with Gasteiger partial charge in [-0.1, -0.05) is 18.3 Å². The Morgan fingerprint density at radius 1 is 1.55 bits per heavy atom. The highest BCUT2D eigenvalue weighted by Crippen LogP contribution is 2.38. The van der Waals surface area contributed by atoms with E-state index in [1.54, 1.807) is 11.3 Å². The molecule has 6 heteroatoms. The molecule has 2 N–H and O–H groups in total. The topological polar surface area (TPSA) is 57.3 Å². The number of aromatic nitrogens is 1. The van der Waals surface area contributed by atoms with Crippen molar-refractivity contribution in [3.8, 4) is 0 Å². The van der Waals surface area contributed by atoms with Crippen LogP contribution in [-0.4, -0.2) is 36.6 Å². The van der Waals surface area contributed by atoms with Crippen LogP contribution in [0.25, 0.3) is 0 Å². The molecular weight excluding hydrogens is 272 g/mol. The first-order chi connectivity index (χ1) is 9.70. The molecule has 0 spiro atoms. The van der Waals surface area contributed by atoms with Gasteiger partial charge in [0.2, 0.25) is 5.91 Å². The maximum Gasteiger partial charge on any atom is 0.242 e. The molecule has 20 heavy (non-hydrogen) atoms. The van der Waals surface area contributed by atoms with Gasteiger partial charge < -0.3 is 15.5 Å². The second kappa shape index (κ2) is 5.69. The van der Waals surface area contributed by atoms with Gasteiger partial charge in [0.1, 0.15) is 6.04 Å². The largest absolute Gasteiger partial charge is 0.353 e. The maximum absolute atomic E-state index is 11.8. The molecule has 2 heterocycles. The molecule has 3 rings (SSSR count). The number of amides is 1. The van der Waals surface area contributed by atoms with Crippen molar-refractivity contribution in [2.45, 2.75) is 45.2 Å². The van der Waals surface area contributed by atoms with Gasteiger partial charge in [-0.25, -0.2) is 4.98 Å². The summed E-state index contributed by atoms with van der Waals surface area (Å²) in [6.07, 6.45) is 3.46. The fraction of sp³-hybridized carbons (Fsp3) is 0.714. The molecular formula is C14H22N4OS. The van der Waals surface area contributed by atoms with E-state index >= 15 is 0 Å². The van der Waals surface area contributed by atoms with Crippen LogP contribution in [0.1, 0.15) is 43.3 Å². The summed E-state index contributed by atoms with van der Waals surface area (Å²) in [4.78, 5) is 20.1. The van der Waals surface area contributed by atoms with E-state index in [4.69, 9.17) is 4.98 Å². The van der Waals surface area contributed by atoms with Crippen molar-refractivity contribution in [2.24, 2.45) is 0 Å². The SMILES string of the molecule is CCNC1CCCc2nc(N3CCNC(=O)C3C)sc21. The number of rotatable bonds is 3. The number of piperazine rings is 1. The number of carbonyl (C=O) groups excluding carboxylic acids is 1. The third-order valence-electron chi connectivity index (χ3n) is 4.13. The molecule has 1 aromatic rings. The van der Waals surface area contributed by atoms with Crippen LogP contribution in [0.2, 0.25) is 0 Å². The number of carbonyl (C=O) groups is 1. The second-order valence-electron chi connectivity index (χ2n) is 5.47. The maximum atomic E-state index is 11.8. The number of thiazole rings is 1. The minimum absolute atomic E-state index is 0.104. The number of anilines is 1. The molecule has 0 saturated carbocycles. The smallest absolute Gasteiger partial charge is 0.242 e. The Hall–Kier alpha value is -1.14. The Balaban J connectivity index is 1.86. The molecule has 1 aliphatic heterocycles. The van der Waals surface area contributed by atoms with Crippen LogP contribution in [0.5, 0.6) is 0 Å². The molecule has 110 valence electrons. The molecule has 2 atom stereocenters. The summed E-state index contributed by atoms with van der Waals surface area (Å²) in [5.41, 5.74) is 1.24. The average molecular weight is 294 g/mol. The van der Waals surface area contributed by atoms with Crippen molar-refractivity contribution < 1.29 is 4.79 Å². The first kappa shape index (κ1) is 13.8. The van der Waals surface area contributed by atoms with E-state index in [9.17, 15) is 4.79 Å². The highest BCUT2D eigenvalue weighted by molar-refractivity contribution is 7.15. The van der Waals surface area contributed by atoms with E-state index in [-0.39, 0.29) is 11.9 Å². The van der Waals surface area contributed by atoms with Gasteiger partial charge in [-0.15, -0.1) is 0 Å². The molecule has 1 saturated heterocycles. The average Bonchev–Trinajstić information content (AvgIpc) is 2.87. The third-order valence-corrected chi connectivity index (χ3v) is 5.38. The van der Waals surface area contributed by atoms with E-state index < -0.39 is 0 Å². The van der Waals surface area contributed by atoms with E-state index in [1.165, 1.54) is 23.4 Å². The van der Waals surface area contributed by atoms with Crippen LogP contribution in [-0.2, 0) is 11.2 Å². The van der Waals surface area contributed by atoms with Crippen molar-refractivity contribution in [1.29, 1.82) is 0 Å². The van der Waals surface area contributed by atoms with Gasteiger partial charge in [0, 0.05) is 24.0 Å². The minimum Gasteiger partial charge on any atom is -0.353 e. The van der Waals surface area contributed by atoms with Crippen LogP contribution in [0.3, 0.4) is 0 Å². The Kier molecular flexibility index (Phi) is 3.94. The van der Waals surface area contributed by atoms with Gasteiger partial charge in [-0.2, -0.15) is 0 Å². The third kappa shape index (κ3) is 2.42. The van der Waals surface area contributed by atoms with Gasteiger partial charge in [0.15, 0.2) is 5.13 Å². The summed E-state index contributed by atoms with van der Waals surface area (Å²) >= 11 is 1.77. The van der Waals surface area contributed by atoms with E-state index in [0.29, 0.717) is 12.6 Å². The number of hydrogen-bond donors (Lipinski definition) is 2. The van der Waals surface area contributed by atoms with Gasteiger partial charge >= 0.3 is 0 Å². The lowest BCUT2D eigenvalue weighted by molar-refractivity contribution is -0.122. The van der Waals surface area contributed by atoms with Crippen molar-refractivity contribution in [2.75, 3.05) is 24.5 Å². The van der Waals surface area contributed by atoms with Crippen molar-refractivity contribution in [3.05, 3.63) is 10.6 Å². The monoisotopic (exact) mass is 294 g/mol. The highest BCUT2D eigenvalue weighted by Gasteiger charge is 2.31. The summed E-state index contributed by atoms with van der Waals surface area (Å²) in [6.45, 7) is 6.65. The Morgan fingerprint density at radius 2 is 2.40 bits per heavy atom. The Labute approximate surface area is 123 Å². The molecule has 0 bridgehead atoms. The quantitative estimate of drug-likeness (QED) is 0.886. The van der Waals surface area contributed by atoms with Crippen molar-refractivity contribution in [3.63, 3.8) is 0 Å². The molecule has 1 aliphatic carbocycles. The molecule has 2 unspecified atom stereocenters. The van der Waals surface area contributed by atoms with Gasteiger partial charge in [0.05, 0.1) is 5.69 Å². The number of aryl methyl sites for hydroxylation is 1. The fourth-order valence-electron chi connectivity index (χ4n) is 3.01. The molecule has 5 nitrogen and oxygen atoms in total. The predicted molar refractivity (Wildman–Crippen MR) is 81.3 cm³/mol. The fourth-order valence-corrected chi connectivity index (χ4v) is 4.34.